The average molecular weight is 549 g/mol. The van der Waals surface area contributed by atoms with Gasteiger partial charge < -0.3 is 23.9 Å². The number of carbonyl (C=O) groups excluding carboxylic acids is 2. The molecular formula is C28H32N6O6. The van der Waals surface area contributed by atoms with Crippen LogP contribution in [0.15, 0.2) is 48.5 Å². The second-order valence-electron chi connectivity index (χ2n) is 9.48. The Morgan fingerprint density at radius 3 is 2.35 bits per heavy atom. The minimum absolute atomic E-state index is 0.0333. The van der Waals surface area contributed by atoms with Crippen molar-refractivity contribution in [1.29, 1.82) is 0 Å². The Morgan fingerprint density at radius 1 is 1.00 bits per heavy atom. The topological polar surface area (TPSA) is 154 Å². The van der Waals surface area contributed by atoms with Gasteiger partial charge in [0.1, 0.15) is 11.4 Å². The van der Waals surface area contributed by atoms with Gasteiger partial charge in [-0.15, -0.1) is 10.2 Å². The van der Waals surface area contributed by atoms with E-state index in [1.165, 1.54) is 0 Å². The predicted molar refractivity (Wildman–Crippen MR) is 144 cm³/mol. The van der Waals surface area contributed by atoms with Crippen LogP contribution in [0.3, 0.4) is 0 Å². The third-order valence-electron chi connectivity index (χ3n) is 6.04. The zero-order chi connectivity index (χ0) is 28.7. The number of H-pyrrole nitrogens is 1. The smallest absolute Gasteiger partial charge is 0.435 e. The molecule has 0 aliphatic heterocycles. The van der Waals surface area contributed by atoms with E-state index >= 15 is 0 Å². The minimum Gasteiger partial charge on any atom is -0.435 e. The number of aromatic amines is 1. The molecule has 2 aromatic heterocycles. The molecule has 2 aromatic carbocycles. The molecule has 2 N–H and O–H groups in total. The molecule has 0 saturated heterocycles. The molecule has 0 unspecified atom stereocenters. The maximum absolute atomic E-state index is 12.9. The Bertz CT molecular complexity index is 1440. The van der Waals surface area contributed by atoms with E-state index in [-0.39, 0.29) is 12.3 Å². The molecule has 12 heteroatoms. The van der Waals surface area contributed by atoms with Crippen LogP contribution in [-0.4, -0.2) is 60.8 Å². The summed E-state index contributed by atoms with van der Waals surface area (Å²) in [7, 11) is 0. The van der Waals surface area contributed by atoms with Crippen molar-refractivity contribution >= 4 is 12.1 Å². The standard InChI is InChI=1S/C28H32N6O6/c1-5-9-22-29-23(26(35)39-17-40-27(36)38-6-2)24(28(3,4)37)34(22)16-18-12-14-19(15-13-18)20-10-7-8-11-21(20)25-30-32-33-31-25/h7-8,10-15,37H,5-6,9,16-17H2,1-4H3,(H,30,31,32,33). The van der Waals surface area contributed by atoms with Gasteiger partial charge in [-0.05, 0) is 49.1 Å². The highest BCUT2D eigenvalue weighted by molar-refractivity contribution is 5.89. The molecule has 0 fully saturated rings. The van der Waals surface area contributed by atoms with E-state index in [1.807, 2.05) is 60.0 Å². The summed E-state index contributed by atoms with van der Waals surface area (Å²) in [4.78, 5) is 28.9. The molecule has 40 heavy (non-hydrogen) atoms. The van der Waals surface area contributed by atoms with Crippen LogP contribution in [0.2, 0.25) is 0 Å². The normalized spacial score (nSPS) is 11.3. The molecule has 0 atom stereocenters. The number of hydrogen-bond donors (Lipinski definition) is 2. The van der Waals surface area contributed by atoms with Crippen molar-refractivity contribution in [3.05, 3.63) is 71.3 Å². The van der Waals surface area contributed by atoms with Gasteiger partial charge in [-0.3, -0.25) is 0 Å². The number of esters is 1. The number of nitrogens with zero attached hydrogens (tertiary/aromatic N) is 5. The lowest BCUT2D eigenvalue weighted by Gasteiger charge is -2.22. The summed E-state index contributed by atoms with van der Waals surface area (Å²) in [5.74, 6) is 0.319. The fraction of sp³-hybridized carbons (Fsp3) is 0.357. The van der Waals surface area contributed by atoms with Crippen LogP contribution in [0.5, 0.6) is 0 Å². The van der Waals surface area contributed by atoms with Crippen LogP contribution in [0.25, 0.3) is 22.5 Å². The Morgan fingerprint density at radius 2 is 1.73 bits per heavy atom. The summed E-state index contributed by atoms with van der Waals surface area (Å²) < 4.78 is 16.4. The van der Waals surface area contributed by atoms with Gasteiger partial charge in [0.2, 0.25) is 12.6 Å². The van der Waals surface area contributed by atoms with Crippen LogP contribution in [0.1, 0.15) is 61.7 Å². The number of ether oxygens (including phenoxy) is 3. The lowest BCUT2D eigenvalue weighted by molar-refractivity contribution is -0.0272. The van der Waals surface area contributed by atoms with Crippen LogP contribution in [-0.2, 0) is 32.8 Å². The number of imidazole rings is 1. The fourth-order valence-corrected chi connectivity index (χ4v) is 4.38. The number of benzene rings is 2. The lowest BCUT2D eigenvalue weighted by atomic mass is 9.98. The number of aromatic nitrogens is 6. The van der Waals surface area contributed by atoms with Crippen molar-refractivity contribution in [2.75, 3.05) is 13.4 Å². The highest BCUT2D eigenvalue weighted by atomic mass is 16.8. The molecule has 0 radical (unpaired) electrons. The molecule has 0 bridgehead atoms. The fourth-order valence-electron chi connectivity index (χ4n) is 4.38. The molecule has 4 aromatic rings. The average Bonchev–Trinajstić information content (AvgIpc) is 3.58. The number of carbonyl (C=O) groups is 2. The lowest BCUT2D eigenvalue weighted by Crippen LogP contribution is -2.26. The van der Waals surface area contributed by atoms with Crippen LogP contribution >= 0.6 is 0 Å². The Balaban J connectivity index is 1.62. The number of tetrazole rings is 1. The van der Waals surface area contributed by atoms with Crippen molar-refractivity contribution < 1.29 is 28.9 Å². The maximum Gasteiger partial charge on any atom is 0.511 e. The number of nitrogens with one attached hydrogen (secondary N) is 1. The number of hydrogen-bond acceptors (Lipinski definition) is 10. The van der Waals surface area contributed by atoms with Gasteiger partial charge in [-0.25, -0.2) is 14.6 Å². The zero-order valence-corrected chi connectivity index (χ0v) is 22.9. The molecule has 0 aliphatic carbocycles. The Kier molecular flexibility index (Phi) is 8.90. The molecule has 12 nitrogen and oxygen atoms in total. The third kappa shape index (κ3) is 6.52. The second kappa shape index (κ2) is 12.5. The molecule has 0 spiro atoms. The van der Waals surface area contributed by atoms with E-state index in [0.29, 0.717) is 30.3 Å². The Hall–Kier alpha value is -4.58. The summed E-state index contributed by atoms with van der Waals surface area (Å²) in [6.45, 7) is 6.66. The minimum atomic E-state index is -1.42. The zero-order valence-electron chi connectivity index (χ0n) is 22.9. The largest absolute Gasteiger partial charge is 0.511 e. The Labute approximate surface area is 231 Å². The van der Waals surface area contributed by atoms with Gasteiger partial charge in [0.15, 0.2) is 5.69 Å². The van der Waals surface area contributed by atoms with Crippen molar-refractivity contribution in [3.63, 3.8) is 0 Å². The highest BCUT2D eigenvalue weighted by Gasteiger charge is 2.33. The summed E-state index contributed by atoms with van der Waals surface area (Å²) in [5, 5.41) is 25.4. The maximum atomic E-state index is 12.9. The van der Waals surface area contributed by atoms with E-state index in [1.54, 1.807) is 20.8 Å². The highest BCUT2D eigenvalue weighted by Crippen LogP contribution is 2.31. The number of aryl methyl sites for hydroxylation is 1. The number of aliphatic hydroxyl groups is 1. The molecule has 2 heterocycles. The van der Waals surface area contributed by atoms with Crippen LogP contribution < -0.4 is 0 Å². The first-order valence-electron chi connectivity index (χ1n) is 12.9. The van der Waals surface area contributed by atoms with Gasteiger partial charge in [0.25, 0.3) is 0 Å². The third-order valence-corrected chi connectivity index (χ3v) is 6.04. The second-order valence-corrected chi connectivity index (χ2v) is 9.48. The summed E-state index contributed by atoms with van der Waals surface area (Å²) in [6, 6.07) is 15.8. The molecule has 0 aliphatic rings. The van der Waals surface area contributed by atoms with Crippen molar-refractivity contribution in [2.24, 2.45) is 0 Å². The molecule has 210 valence electrons. The summed E-state index contributed by atoms with van der Waals surface area (Å²) in [6.07, 6.45) is 0.402. The van der Waals surface area contributed by atoms with E-state index < -0.39 is 24.5 Å². The molecule has 0 saturated carbocycles. The monoisotopic (exact) mass is 548 g/mol. The first kappa shape index (κ1) is 28.4. The van der Waals surface area contributed by atoms with Gasteiger partial charge in [-0.1, -0.05) is 55.5 Å². The quantitative estimate of drug-likeness (QED) is 0.205. The first-order chi connectivity index (χ1) is 19.2. The van der Waals surface area contributed by atoms with E-state index in [0.717, 1.165) is 28.7 Å². The van der Waals surface area contributed by atoms with Gasteiger partial charge in [0, 0.05) is 18.5 Å². The number of rotatable bonds is 11. The van der Waals surface area contributed by atoms with Crippen molar-refractivity contribution in [2.45, 2.75) is 52.7 Å². The van der Waals surface area contributed by atoms with Gasteiger partial charge in [-0.2, -0.15) is 5.21 Å². The van der Waals surface area contributed by atoms with Crippen molar-refractivity contribution in [1.82, 2.24) is 30.2 Å². The SMILES string of the molecule is CCCc1nc(C(=O)OCOC(=O)OCC)c(C(C)(C)O)n1Cc1ccc(-c2ccccc2-c2nn[nH]n2)cc1. The van der Waals surface area contributed by atoms with Gasteiger partial charge in [0.05, 0.1) is 12.3 Å². The molecular weight excluding hydrogens is 516 g/mol. The molecule has 4 rings (SSSR count). The summed E-state index contributed by atoms with van der Waals surface area (Å²) in [5.41, 5.74) is 2.57. The first-order valence-corrected chi connectivity index (χ1v) is 12.9. The van der Waals surface area contributed by atoms with Crippen LogP contribution in [0, 0.1) is 0 Å². The summed E-state index contributed by atoms with van der Waals surface area (Å²) >= 11 is 0. The van der Waals surface area contributed by atoms with E-state index in [4.69, 9.17) is 9.47 Å². The van der Waals surface area contributed by atoms with Gasteiger partial charge >= 0.3 is 12.1 Å². The molecule has 0 amide bonds. The van der Waals surface area contributed by atoms with E-state index in [2.05, 4.69) is 30.3 Å². The predicted octanol–water partition coefficient (Wildman–Crippen LogP) is 4.25. The van der Waals surface area contributed by atoms with Crippen LogP contribution in [0.4, 0.5) is 4.79 Å². The van der Waals surface area contributed by atoms with Crippen molar-refractivity contribution in [3.8, 4) is 22.5 Å². The van der Waals surface area contributed by atoms with E-state index in [9.17, 15) is 14.7 Å².